The van der Waals surface area contributed by atoms with Crippen molar-refractivity contribution in [3.8, 4) is 0 Å². The lowest BCUT2D eigenvalue weighted by atomic mass is 10.1. The van der Waals surface area contributed by atoms with Crippen LogP contribution in [0.15, 0.2) is 17.0 Å². The number of sulfone groups is 1. The molecule has 1 rings (SSSR count). The molecular weight excluding hydrogens is 359 g/mol. The van der Waals surface area contributed by atoms with Crippen molar-refractivity contribution in [3.63, 3.8) is 0 Å². The zero-order valence-corrected chi connectivity index (χ0v) is 14.7. The van der Waals surface area contributed by atoms with Crippen LogP contribution < -0.4 is 0 Å². The predicted molar refractivity (Wildman–Crippen MR) is 84.3 cm³/mol. The standard InChI is InChI=1S/C13H15Cl3O4S/c1-7(2)6-21(19,20)11-8(3)9(12(17)18)4-5-10(11)13(14,15)16/h4-5,7H,6H2,1-3H3,(H,17,18). The van der Waals surface area contributed by atoms with Crippen LogP contribution in [0.3, 0.4) is 0 Å². The van der Waals surface area contributed by atoms with E-state index >= 15 is 0 Å². The summed E-state index contributed by atoms with van der Waals surface area (Å²) in [5.74, 6) is -1.54. The third-order valence-corrected chi connectivity index (χ3v) is 5.67. The van der Waals surface area contributed by atoms with E-state index in [9.17, 15) is 13.2 Å². The van der Waals surface area contributed by atoms with Gasteiger partial charge in [0.25, 0.3) is 0 Å². The monoisotopic (exact) mass is 372 g/mol. The second-order valence-corrected chi connectivity index (χ2v) is 9.35. The Balaban J connectivity index is 3.74. The Morgan fingerprint density at radius 1 is 1.29 bits per heavy atom. The molecule has 0 saturated carbocycles. The highest BCUT2D eigenvalue weighted by Crippen LogP contribution is 2.43. The van der Waals surface area contributed by atoms with Crippen LogP contribution in [0.2, 0.25) is 0 Å². The van der Waals surface area contributed by atoms with Crippen molar-refractivity contribution in [1.82, 2.24) is 0 Å². The molecule has 0 bridgehead atoms. The zero-order chi connectivity index (χ0) is 16.6. The summed E-state index contributed by atoms with van der Waals surface area (Å²) < 4.78 is 23.1. The van der Waals surface area contributed by atoms with Gasteiger partial charge in [0.05, 0.1) is 16.2 Å². The number of aromatic carboxylic acids is 1. The molecule has 1 N–H and O–H groups in total. The quantitative estimate of drug-likeness (QED) is 0.811. The molecule has 0 atom stereocenters. The summed E-state index contributed by atoms with van der Waals surface area (Å²) >= 11 is 17.5. The molecule has 118 valence electrons. The lowest BCUT2D eigenvalue weighted by Gasteiger charge is -2.20. The zero-order valence-electron chi connectivity index (χ0n) is 11.7. The van der Waals surface area contributed by atoms with Gasteiger partial charge in [0.2, 0.25) is 3.79 Å². The third kappa shape index (κ3) is 4.25. The lowest BCUT2D eigenvalue weighted by Crippen LogP contribution is -2.19. The second kappa shape index (κ2) is 6.32. The van der Waals surface area contributed by atoms with Crippen molar-refractivity contribution in [1.29, 1.82) is 0 Å². The maximum atomic E-state index is 12.5. The topological polar surface area (TPSA) is 71.4 Å². The van der Waals surface area contributed by atoms with Gasteiger partial charge in [-0.15, -0.1) is 0 Å². The maximum absolute atomic E-state index is 12.5. The second-order valence-electron chi connectivity index (χ2n) is 5.09. The van der Waals surface area contributed by atoms with E-state index in [0.717, 1.165) is 0 Å². The fraction of sp³-hybridized carbons (Fsp3) is 0.462. The van der Waals surface area contributed by atoms with E-state index in [0.29, 0.717) is 0 Å². The van der Waals surface area contributed by atoms with E-state index in [1.807, 2.05) is 0 Å². The summed E-state index contributed by atoms with van der Waals surface area (Å²) in [4.78, 5) is 11.0. The van der Waals surface area contributed by atoms with Crippen LogP contribution in [0, 0.1) is 12.8 Å². The minimum absolute atomic E-state index is 0.0318. The van der Waals surface area contributed by atoms with Crippen LogP contribution in [0.1, 0.15) is 35.3 Å². The molecule has 0 amide bonds. The molecule has 0 aromatic heterocycles. The van der Waals surface area contributed by atoms with Gasteiger partial charge in [0.15, 0.2) is 9.84 Å². The molecule has 0 aliphatic carbocycles. The molecule has 0 radical (unpaired) electrons. The largest absolute Gasteiger partial charge is 0.478 e. The van der Waals surface area contributed by atoms with Gasteiger partial charge >= 0.3 is 5.97 Å². The molecule has 21 heavy (non-hydrogen) atoms. The van der Waals surface area contributed by atoms with Gasteiger partial charge in [-0.3, -0.25) is 0 Å². The van der Waals surface area contributed by atoms with Crippen molar-refractivity contribution < 1.29 is 18.3 Å². The summed E-state index contributed by atoms with van der Waals surface area (Å²) in [5.41, 5.74) is -0.0852. The van der Waals surface area contributed by atoms with Crippen LogP contribution >= 0.6 is 34.8 Å². The Morgan fingerprint density at radius 2 is 1.81 bits per heavy atom. The SMILES string of the molecule is Cc1c(C(=O)O)ccc(C(Cl)(Cl)Cl)c1S(=O)(=O)CC(C)C. The molecule has 1 aromatic rings. The van der Waals surface area contributed by atoms with Crippen LogP contribution in [-0.4, -0.2) is 25.2 Å². The van der Waals surface area contributed by atoms with Crippen LogP contribution in [0.4, 0.5) is 0 Å². The van der Waals surface area contributed by atoms with Crippen LogP contribution in [0.25, 0.3) is 0 Å². The third-order valence-electron chi connectivity index (χ3n) is 2.81. The van der Waals surface area contributed by atoms with Gasteiger partial charge in [-0.2, -0.15) is 0 Å². The van der Waals surface area contributed by atoms with E-state index in [1.165, 1.54) is 19.1 Å². The number of carbonyl (C=O) groups is 1. The highest BCUT2D eigenvalue weighted by Gasteiger charge is 2.34. The van der Waals surface area contributed by atoms with Gasteiger partial charge in [-0.1, -0.05) is 54.7 Å². The normalized spacial score (nSPS) is 12.7. The van der Waals surface area contributed by atoms with Crippen molar-refractivity contribution in [3.05, 3.63) is 28.8 Å². The van der Waals surface area contributed by atoms with Crippen molar-refractivity contribution in [2.45, 2.75) is 29.5 Å². The average Bonchev–Trinajstić information content (AvgIpc) is 2.24. The maximum Gasteiger partial charge on any atom is 0.335 e. The molecular formula is C13H15Cl3O4S. The van der Waals surface area contributed by atoms with E-state index in [-0.39, 0.29) is 33.3 Å². The predicted octanol–water partition coefficient (Wildman–Crippen LogP) is 3.95. The van der Waals surface area contributed by atoms with Crippen molar-refractivity contribution in [2.24, 2.45) is 5.92 Å². The molecule has 0 spiro atoms. The highest BCUT2D eigenvalue weighted by atomic mass is 35.6. The highest BCUT2D eigenvalue weighted by molar-refractivity contribution is 7.91. The fourth-order valence-electron chi connectivity index (χ4n) is 2.07. The first kappa shape index (κ1) is 18.6. The van der Waals surface area contributed by atoms with Gasteiger partial charge in [-0.05, 0) is 24.5 Å². The Morgan fingerprint density at radius 3 is 2.19 bits per heavy atom. The molecule has 0 aliphatic rings. The molecule has 0 aliphatic heterocycles. The van der Waals surface area contributed by atoms with Gasteiger partial charge < -0.3 is 5.11 Å². The number of benzene rings is 1. The van der Waals surface area contributed by atoms with E-state index in [1.54, 1.807) is 13.8 Å². The van der Waals surface area contributed by atoms with Gasteiger partial charge in [0.1, 0.15) is 0 Å². The first-order valence-corrected chi connectivity index (χ1v) is 8.83. The number of carboxylic acid groups (broad SMARTS) is 1. The molecule has 0 heterocycles. The molecule has 1 aromatic carbocycles. The summed E-state index contributed by atoms with van der Waals surface area (Å²) in [5, 5.41) is 9.14. The lowest BCUT2D eigenvalue weighted by molar-refractivity contribution is 0.0696. The number of hydrogen-bond donors (Lipinski definition) is 1. The van der Waals surface area contributed by atoms with Crippen LogP contribution in [0.5, 0.6) is 0 Å². The Kier molecular flexibility index (Phi) is 5.59. The first-order chi connectivity index (χ1) is 9.38. The number of alkyl halides is 3. The Bertz CT molecular complexity index is 661. The average molecular weight is 374 g/mol. The minimum Gasteiger partial charge on any atom is -0.478 e. The Hall–Kier alpha value is -0.490. The number of rotatable bonds is 4. The summed E-state index contributed by atoms with van der Waals surface area (Å²) in [6.45, 7) is 4.88. The summed E-state index contributed by atoms with van der Waals surface area (Å²) in [7, 11) is -3.78. The van der Waals surface area contributed by atoms with E-state index < -0.39 is 19.6 Å². The van der Waals surface area contributed by atoms with E-state index in [2.05, 4.69) is 0 Å². The molecule has 0 fully saturated rings. The molecule has 0 unspecified atom stereocenters. The molecule has 8 heteroatoms. The molecule has 4 nitrogen and oxygen atoms in total. The smallest absolute Gasteiger partial charge is 0.335 e. The Labute approximate surface area is 138 Å². The van der Waals surface area contributed by atoms with E-state index in [4.69, 9.17) is 39.9 Å². The minimum atomic E-state index is -3.78. The van der Waals surface area contributed by atoms with Gasteiger partial charge in [0, 0.05) is 5.56 Å². The van der Waals surface area contributed by atoms with Crippen LogP contribution in [-0.2, 0) is 13.6 Å². The number of carboxylic acids is 1. The number of halogens is 3. The van der Waals surface area contributed by atoms with Gasteiger partial charge in [-0.25, -0.2) is 13.2 Å². The summed E-state index contributed by atoms with van der Waals surface area (Å²) in [6.07, 6.45) is 0. The first-order valence-electron chi connectivity index (χ1n) is 6.04. The summed E-state index contributed by atoms with van der Waals surface area (Å²) in [6, 6.07) is 2.47. The molecule has 0 saturated heterocycles. The van der Waals surface area contributed by atoms with Crippen molar-refractivity contribution >= 4 is 50.6 Å². The fourth-order valence-corrected chi connectivity index (χ4v) is 4.89. The number of hydrogen-bond acceptors (Lipinski definition) is 3. The van der Waals surface area contributed by atoms with Crippen molar-refractivity contribution in [2.75, 3.05) is 5.75 Å².